The second kappa shape index (κ2) is 16.7. The molecule has 48 heavy (non-hydrogen) atoms. The Morgan fingerprint density at radius 3 is 1.92 bits per heavy atom. The number of nitrogens with zero attached hydrogens (tertiary/aromatic N) is 2. The minimum absolute atomic E-state index is 0.104. The second-order valence-electron chi connectivity index (χ2n) is 10.9. The Hall–Kier alpha value is -4.22. The molecule has 11 nitrogen and oxygen atoms in total. The number of aromatic nitrogens is 2. The van der Waals surface area contributed by atoms with Crippen LogP contribution >= 0.6 is 15.9 Å². The van der Waals surface area contributed by atoms with Gasteiger partial charge in [-0.1, -0.05) is 6.08 Å². The van der Waals surface area contributed by atoms with Crippen molar-refractivity contribution in [3.63, 3.8) is 0 Å². The van der Waals surface area contributed by atoms with Crippen molar-refractivity contribution in [1.82, 2.24) is 10.2 Å². The number of nitrogens with one attached hydrogen (secondary N) is 1. The van der Waals surface area contributed by atoms with Crippen molar-refractivity contribution in [3.05, 3.63) is 75.9 Å². The number of methoxy groups -OCH3 is 2. The summed E-state index contributed by atoms with van der Waals surface area (Å²) in [4.78, 5) is 26.6. The van der Waals surface area contributed by atoms with Gasteiger partial charge in [0.15, 0.2) is 0 Å². The van der Waals surface area contributed by atoms with Crippen LogP contribution in [0.5, 0.6) is 11.5 Å². The average Bonchev–Trinajstić information content (AvgIpc) is 3.80. The number of aliphatic imine (C=N–C) groups is 1. The van der Waals surface area contributed by atoms with E-state index in [0.717, 1.165) is 12.0 Å². The van der Waals surface area contributed by atoms with Gasteiger partial charge in [-0.3, -0.25) is 10.1 Å². The molecule has 0 atom stereocenters. The number of aromatic amines is 1. The number of alkyl halides is 4. The van der Waals surface area contributed by atoms with Gasteiger partial charge in [0.05, 0.1) is 53.8 Å². The van der Waals surface area contributed by atoms with E-state index in [0.29, 0.717) is 15.6 Å². The van der Waals surface area contributed by atoms with E-state index in [1.165, 1.54) is 63.0 Å². The lowest BCUT2D eigenvalue weighted by Gasteiger charge is -2.32. The van der Waals surface area contributed by atoms with E-state index in [4.69, 9.17) is 9.31 Å². The molecule has 0 aliphatic carbocycles. The number of hydrogen-bond donors (Lipinski definition) is 1. The largest absolute Gasteiger partial charge is 0.496 e. The zero-order valence-electron chi connectivity index (χ0n) is 26.8. The van der Waals surface area contributed by atoms with Crippen LogP contribution in [0.4, 0.5) is 17.6 Å². The van der Waals surface area contributed by atoms with E-state index in [9.17, 15) is 27.2 Å². The number of allylic oxidation sites excluding steroid dienone is 1. The van der Waals surface area contributed by atoms with Gasteiger partial charge in [-0.25, -0.2) is 9.59 Å². The lowest BCUT2D eigenvalue weighted by atomic mass is 9.79. The lowest BCUT2D eigenvalue weighted by molar-refractivity contribution is -0.0507. The molecule has 1 fully saturated rings. The summed E-state index contributed by atoms with van der Waals surface area (Å²) in [5, 5.41) is 6.31. The van der Waals surface area contributed by atoms with Gasteiger partial charge >= 0.3 is 32.3 Å². The fourth-order valence-electron chi connectivity index (χ4n) is 4.04. The van der Waals surface area contributed by atoms with E-state index < -0.39 is 25.2 Å². The maximum Gasteiger partial charge on any atom is 0.496 e. The molecule has 2 aliphatic rings. The third-order valence-corrected chi connectivity index (χ3v) is 7.85. The summed E-state index contributed by atoms with van der Waals surface area (Å²) in [6.07, 6.45) is 6.88. The molecule has 3 aromatic rings. The van der Waals surface area contributed by atoms with Crippen LogP contribution in [0.3, 0.4) is 0 Å². The Morgan fingerprint density at radius 1 is 0.896 bits per heavy atom. The summed E-state index contributed by atoms with van der Waals surface area (Å²) in [6, 6.07) is 8.22. The van der Waals surface area contributed by atoms with Crippen molar-refractivity contribution in [3.8, 4) is 22.6 Å². The van der Waals surface area contributed by atoms with Crippen molar-refractivity contribution in [2.75, 3.05) is 20.8 Å². The van der Waals surface area contributed by atoms with Gasteiger partial charge in [-0.2, -0.15) is 22.7 Å². The Labute approximate surface area is 282 Å². The predicted octanol–water partition coefficient (Wildman–Crippen LogP) is 6.93. The number of benzene rings is 2. The van der Waals surface area contributed by atoms with Gasteiger partial charge in [0.1, 0.15) is 11.5 Å². The van der Waals surface area contributed by atoms with Crippen LogP contribution in [0.1, 0.15) is 48.4 Å². The highest BCUT2D eigenvalue weighted by Gasteiger charge is 2.52. The summed E-state index contributed by atoms with van der Waals surface area (Å²) in [5.41, 5.74) is 1.79. The zero-order chi connectivity index (χ0) is 35.6. The predicted molar refractivity (Wildman–Crippen MR) is 172 cm³/mol. The second-order valence-corrected chi connectivity index (χ2v) is 11.7. The number of esters is 2. The summed E-state index contributed by atoms with van der Waals surface area (Å²) < 4.78 is 78.4. The summed E-state index contributed by atoms with van der Waals surface area (Å²) in [6.45, 7) is 3.05. The molecule has 2 aromatic carbocycles. The highest BCUT2D eigenvalue weighted by molar-refractivity contribution is 9.10. The van der Waals surface area contributed by atoms with E-state index in [2.05, 4.69) is 77.8 Å². The quantitative estimate of drug-likeness (QED) is 0.148. The third-order valence-electron chi connectivity index (χ3n) is 7.19. The maximum absolute atomic E-state index is 12.4. The summed E-state index contributed by atoms with van der Waals surface area (Å²) in [7, 11) is 2.17. The lowest BCUT2D eigenvalue weighted by Crippen LogP contribution is -2.41. The molecule has 1 N–H and O–H groups in total. The fourth-order valence-corrected chi connectivity index (χ4v) is 4.38. The molecular weight excluding hydrogens is 709 g/mol. The third kappa shape index (κ3) is 10.1. The SMILES string of the molecule is CC1(C)OB(C2=CCN=C2)OC1(C)C.COC(=O)c1ccc(-c2cn[nH]c2)c(OC(F)F)c1.COC(=O)c1ccc(Br)c(OC(F)F)c1. The number of ether oxygens (including phenoxy) is 4. The normalized spacial score (nSPS) is 15.6. The molecule has 258 valence electrons. The molecule has 0 amide bonds. The minimum Gasteiger partial charge on any atom is -0.465 e. The van der Waals surface area contributed by atoms with Gasteiger partial charge < -0.3 is 28.3 Å². The Morgan fingerprint density at radius 2 is 1.44 bits per heavy atom. The van der Waals surface area contributed by atoms with Crippen molar-refractivity contribution in [2.45, 2.75) is 52.1 Å². The van der Waals surface area contributed by atoms with Crippen molar-refractivity contribution >= 4 is 41.2 Å². The first kappa shape index (κ1) is 38.2. The molecule has 2 aliphatic heterocycles. The number of rotatable bonds is 8. The van der Waals surface area contributed by atoms with Crippen LogP contribution in [0.25, 0.3) is 11.1 Å². The van der Waals surface area contributed by atoms with Crippen molar-refractivity contribution < 1.29 is 55.4 Å². The van der Waals surface area contributed by atoms with Crippen LogP contribution in [0, 0.1) is 0 Å². The smallest absolute Gasteiger partial charge is 0.465 e. The first-order valence-corrected chi connectivity index (χ1v) is 14.9. The maximum atomic E-state index is 12.4. The average molecular weight is 742 g/mol. The topological polar surface area (TPSA) is 131 Å². The van der Waals surface area contributed by atoms with Gasteiger partial charge in [0, 0.05) is 23.5 Å². The van der Waals surface area contributed by atoms with Crippen LogP contribution in [-0.4, -0.2) is 80.7 Å². The van der Waals surface area contributed by atoms with Crippen LogP contribution in [-0.2, 0) is 18.8 Å². The molecular formula is C31H33BBrF4N3O8. The Bertz CT molecular complexity index is 1600. The van der Waals surface area contributed by atoms with Crippen molar-refractivity contribution in [2.24, 2.45) is 4.99 Å². The molecule has 0 spiro atoms. The molecule has 0 unspecified atom stereocenters. The van der Waals surface area contributed by atoms with Crippen molar-refractivity contribution in [1.29, 1.82) is 0 Å². The number of hydrogen-bond acceptors (Lipinski definition) is 10. The van der Waals surface area contributed by atoms with E-state index in [1.54, 1.807) is 0 Å². The molecule has 5 rings (SSSR count). The van der Waals surface area contributed by atoms with Crippen LogP contribution < -0.4 is 9.47 Å². The molecule has 1 saturated heterocycles. The molecule has 0 bridgehead atoms. The summed E-state index contributed by atoms with van der Waals surface area (Å²) in [5.74, 6) is -1.45. The zero-order valence-corrected chi connectivity index (χ0v) is 28.3. The summed E-state index contributed by atoms with van der Waals surface area (Å²) >= 11 is 3.02. The molecule has 1 aromatic heterocycles. The van der Waals surface area contributed by atoms with E-state index in [-0.39, 0.29) is 40.9 Å². The van der Waals surface area contributed by atoms with Gasteiger partial charge in [-0.05, 0) is 85.5 Å². The van der Waals surface area contributed by atoms with Gasteiger partial charge in [0.25, 0.3) is 0 Å². The first-order chi connectivity index (χ1) is 22.6. The minimum atomic E-state index is -2.99. The number of halogens is 5. The first-order valence-electron chi connectivity index (χ1n) is 14.1. The Balaban J connectivity index is 0.000000198. The number of carbonyl (C=O) groups is 2. The highest BCUT2D eigenvalue weighted by atomic mass is 79.9. The van der Waals surface area contributed by atoms with Crippen LogP contribution in [0.15, 0.2) is 69.8 Å². The van der Waals surface area contributed by atoms with Crippen LogP contribution in [0.2, 0.25) is 0 Å². The number of carbonyl (C=O) groups excluding carboxylic acids is 2. The fraction of sp³-hybridized carbons (Fsp3) is 0.355. The standard InChI is InChI=1S/C12H10F2N2O3.C10H16BNO2.C9H7BrF2O3/c1-18-11(17)7-2-3-9(8-5-15-16-6-8)10(4-7)19-12(13)14;1-9(2)10(3,4)14-11(13-9)8-5-6-12-7-8;1-14-8(13)5-2-3-6(10)7(4-5)15-9(11)12/h2-6,12H,1H3,(H,15,16);5,7H,6H2,1-4H3;2-4,9H,1H3. The highest BCUT2D eigenvalue weighted by Crippen LogP contribution is 2.38. The molecule has 3 heterocycles. The molecule has 17 heteroatoms. The molecule has 0 saturated carbocycles. The number of H-pyrrole nitrogens is 1. The monoisotopic (exact) mass is 741 g/mol. The molecule has 0 radical (unpaired) electrons. The van der Waals surface area contributed by atoms with E-state index in [1.807, 2.05) is 12.3 Å². The van der Waals surface area contributed by atoms with Gasteiger partial charge in [-0.15, -0.1) is 0 Å². The van der Waals surface area contributed by atoms with E-state index >= 15 is 0 Å². The Kier molecular flexibility index (Phi) is 13.3. The van der Waals surface area contributed by atoms with Gasteiger partial charge in [0.2, 0.25) is 0 Å².